The van der Waals surface area contributed by atoms with Gasteiger partial charge in [0.1, 0.15) is 16.7 Å². The monoisotopic (exact) mass is 265 g/mol. The van der Waals surface area contributed by atoms with Gasteiger partial charge in [0.2, 0.25) is 0 Å². The van der Waals surface area contributed by atoms with Gasteiger partial charge in [-0.1, -0.05) is 6.07 Å². The molecule has 0 saturated heterocycles. The SMILES string of the molecule is COc1ccc2c(c1)C(=N[S@@](=O)C(C)(C)C)CC2. The third-order valence-electron chi connectivity index (χ3n) is 2.98. The van der Waals surface area contributed by atoms with E-state index in [0.717, 1.165) is 29.9 Å². The molecule has 0 amide bonds. The van der Waals surface area contributed by atoms with Gasteiger partial charge in [0.25, 0.3) is 0 Å². The summed E-state index contributed by atoms with van der Waals surface area (Å²) in [6.45, 7) is 5.82. The Morgan fingerprint density at radius 1 is 1.28 bits per heavy atom. The van der Waals surface area contributed by atoms with Crippen molar-refractivity contribution in [2.24, 2.45) is 4.40 Å². The summed E-state index contributed by atoms with van der Waals surface area (Å²) in [5, 5.41) is 0. The molecule has 0 aliphatic heterocycles. The van der Waals surface area contributed by atoms with Gasteiger partial charge >= 0.3 is 0 Å². The van der Waals surface area contributed by atoms with E-state index in [-0.39, 0.29) is 4.75 Å². The second-order valence-electron chi connectivity index (χ2n) is 5.42. The molecule has 1 atom stereocenters. The number of rotatable bonds is 2. The fraction of sp³-hybridized carbons (Fsp3) is 0.500. The average molecular weight is 265 g/mol. The largest absolute Gasteiger partial charge is 0.497 e. The Hall–Kier alpha value is -1.16. The van der Waals surface area contributed by atoms with Crippen molar-refractivity contribution in [3.8, 4) is 5.75 Å². The first-order valence-corrected chi connectivity index (χ1v) is 7.19. The van der Waals surface area contributed by atoms with Crippen LogP contribution < -0.4 is 4.74 Å². The van der Waals surface area contributed by atoms with Crippen molar-refractivity contribution < 1.29 is 8.95 Å². The van der Waals surface area contributed by atoms with Crippen LogP contribution in [0.25, 0.3) is 0 Å². The third-order valence-corrected chi connectivity index (χ3v) is 4.41. The number of methoxy groups -OCH3 is 1. The smallest absolute Gasteiger partial charge is 0.145 e. The summed E-state index contributed by atoms with van der Waals surface area (Å²) in [6, 6.07) is 6.01. The van der Waals surface area contributed by atoms with Crippen LogP contribution in [0, 0.1) is 0 Å². The maximum atomic E-state index is 12.1. The number of aryl methyl sites for hydroxylation is 1. The van der Waals surface area contributed by atoms with E-state index < -0.39 is 11.0 Å². The minimum Gasteiger partial charge on any atom is -0.497 e. The van der Waals surface area contributed by atoms with Gasteiger partial charge in [0, 0.05) is 5.56 Å². The van der Waals surface area contributed by atoms with Crippen LogP contribution in [0.15, 0.2) is 22.6 Å². The number of benzene rings is 1. The fourth-order valence-corrected chi connectivity index (χ4v) is 2.55. The summed E-state index contributed by atoms with van der Waals surface area (Å²) in [6.07, 6.45) is 1.84. The number of nitrogens with zero attached hydrogens (tertiary/aromatic N) is 1. The molecule has 0 aromatic heterocycles. The third kappa shape index (κ3) is 2.64. The van der Waals surface area contributed by atoms with Crippen molar-refractivity contribution in [2.45, 2.75) is 38.4 Å². The van der Waals surface area contributed by atoms with Crippen molar-refractivity contribution in [1.29, 1.82) is 0 Å². The van der Waals surface area contributed by atoms with Crippen LogP contribution in [0.1, 0.15) is 38.3 Å². The summed E-state index contributed by atoms with van der Waals surface area (Å²) in [5.41, 5.74) is 3.30. The number of fused-ring (bicyclic) bond motifs is 1. The molecule has 2 rings (SSSR count). The lowest BCUT2D eigenvalue weighted by Crippen LogP contribution is -2.20. The Morgan fingerprint density at radius 2 is 2.00 bits per heavy atom. The lowest BCUT2D eigenvalue weighted by molar-refractivity contribution is 0.414. The standard InChI is InChI=1S/C14H19NO2S/c1-14(2,3)18(16)15-13-8-6-10-5-7-11(17-4)9-12(10)13/h5,7,9H,6,8H2,1-4H3/t18-/m0/s1. The molecule has 0 fully saturated rings. The zero-order valence-corrected chi connectivity index (χ0v) is 12.1. The molecule has 1 aliphatic carbocycles. The molecule has 4 heteroatoms. The minimum atomic E-state index is -1.20. The summed E-state index contributed by atoms with van der Waals surface area (Å²) in [4.78, 5) is 0. The van der Waals surface area contributed by atoms with Crippen molar-refractivity contribution in [1.82, 2.24) is 0 Å². The van der Waals surface area contributed by atoms with Crippen LogP contribution >= 0.6 is 0 Å². The van der Waals surface area contributed by atoms with Crippen molar-refractivity contribution in [2.75, 3.05) is 7.11 Å². The van der Waals surface area contributed by atoms with Gasteiger partial charge in [0.05, 0.1) is 17.6 Å². The van der Waals surface area contributed by atoms with E-state index in [1.807, 2.05) is 32.9 Å². The number of ether oxygens (including phenoxy) is 1. The molecule has 0 saturated carbocycles. The second kappa shape index (κ2) is 4.84. The van der Waals surface area contributed by atoms with E-state index in [1.54, 1.807) is 7.11 Å². The first-order valence-electron chi connectivity index (χ1n) is 6.08. The van der Waals surface area contributed by atoms with E-state index in [0.29, 0.717) is 0 Å². The van der Waals surface area contributed by atoms with E-state index in [2.05, 4.69) is 10.5 Å². The van der Waals surface area contributed by atoms with Crippen molar-refractivity contribution in [3.63, 3.8) is 0 Å². The van der Waals surface area contributed by atoms with Gasteiger partial charge in [-0.15, -0.1) is 0 Å². The number of hydrogen-bond donors (Lipinski definition) is 0. The highest BCUT2D eigenvalue weighted by atomic mass is 32.2. The maximum Gasteiger partial charge on any atom is 0.145 e. The Balaban J connectivity index is 2.36. The normalized spacial score (nSPS) is 18.8. The zero-order valence-electron chi connectivity index (χ0n) is 11.3. The van der Waals surface area contributed by atoms with Crippen LogP contribution in [-0.2, 0) is 17.4 Å². The van der Waals surface area contributed by atoms with Crippen LogP contribution in [-0.4, -0.2) is 21.8 Å². The van der Waals surface area contributed by atoms with Gasteiger partial charge in [0.15, 0.2) is 0 Å². The van der Waals surface area contributed by atoms with Crippen LogP contribution in [0.2, 0.25) is 0 Å². The highest BCUT2D eigenvalue weighted by Crippen LogP contribution is 2.28. The van der Waals surface area contributed by atoms with Gasteiger partial charge in [-0.05, 0) is 51.3 Å². The quantitative estimate of drug-likeness (QED) is 0.824. The Morgan fingerprint density at radius 3 is 2.61 bits per heavy atom. The molecular formula is C14H19NO2S. The van der Waals surface area contributed by atoms with E-state index in [9.17, 15) is 4.21 Å². The Bertz CT molecular complexity index is 515. The van der Waals surface area contributed by atoms with Gasteiger partial charge in [-0.2, -0.15) is 4.40 Å². The van der Waals surface area contributed by atoms with Gasteiger partial charge in [-0.3, -0.25) is 0 Å². The summed E-state index contributed by atoms with van der Waals surface area (Å²) >= 11 is 0. The lowest BCUT2D eigenvalue weighted by atomic mass is 10.1. The van der Waals surface area contributed by atoms with Gasteiger partial charge < -0.3 is 4.74 Å². The molecule has 0 bridgehead atoms. The lowest BCUT2D eigenvalue weighted by Gasteiger charge is -2.14. The number of hydrogen-bond acceptors (Lipinski definition) is 2. The topological polar surface area (TPSA) is 38.7 Å². The second-order valence-corrected chi connectivity index (χ2v) is 7.33. The van der Waals surface area contributed by atoms with Crippen molar-refractivity contribution in [3.05, 3.63) is 29.3 Å². The predicted molar refractivity (Wildman–Crippen MR) is 75.7 cm³/mol. The molecule has 98 valence electrons. The van der Waals surface area contributed by atoms with Crippen LogP contribution in [0.4, 0.5) is 0 Å². The molecule has 1 aromatic carbocycles. The first-order chi connectivity index (χ1) is 8.41. The molecule has 0 N–H and O–H groups in total. The minimum absolute atomic E-state index is 0.311. The maximum absolute atomic E-state index is 12.1. The van der Waals surface area contributed by atoms with Crippen LogP contribution in [0.5, 0.6) is 5.75 Å². The molecule has 0 heterocycles. The molecular weight excluding hydrogens is 246 g/mol. The molecule has 0 spiro atoms. The highest BCUT2D eigenvalue weighted by Gasteiger charge is 2.23. The van der Waals surface area contributed by atoms with Crippen molar-refractivity contribution >= 4 is 16.7 Å². The van der Waals surface area contributed by atoms with E-state index in [1.165, 1.54) is 5.56 Å². The summed E-state index contributed by atoms with van der Waals surface area (Å²) in [7, 11) is 0.458. The highest BCUT2D eigenvalue weighted by molar-refractivity contribution is 7.85. The van der Waals surface area contributed by atoms with Crippen LogP contribution in [0.3, 0.4) is 0 Å². The summed E-state index contributed by atoms with van der Waals surface area (Å²) in [5.74, 6) is 0.824. The first kappa shape index (κ1) is 13.3. The summed E-state index contributed by atoms with van der Waals surface area (Å²) < 4.78 is 21.4. The Labute approximate surface area is 111 Å². The molecule has 1 aliphatic rings. The Kier molecular flexibility index (Phi) is 3.57. The van der Waals surface area contributed by atoms with E-state index >= 15 is 0 Å². The zero-order chi connectivity index (χ0) is 13.3. The molecule has 3 nitrogen and oxygen atoms in total. The fourth-order valence-electron chi connectivity index (χ4n) is 1.89. The molecule has 18 heavy (non-hydrogen) atoms. The molecule has 0 radical (unpaired) electrons. The van der Waals surface area contributed by atoms with E-state index in [4.69, 9.17) is 4.74 Å². The predicted octanol–water partition coefficient (Wildman–Crippen LogP) is 2.89. The molecule has 0 unspecified atom stereocenters. The van der Waals surface area contributed by atoms with Gasteiger partial charge in [-0.25, -0.2) is 4.21 Å². The molecule has 1 aromatic rings. The average Bonchev–Trinajstić information content (AvgIpc) is 2.70.